The molecule has 0 aliphatic heterocycles. The first-order valence-corrected chi connectivity index (χ1v) is 7.96. The van der Waals surface area contributed by atoms with E-state index in [-0.39, 0.29) is 25.7 Å². The van der Waals surface area contributed by atoms with Crippen molar-refractivity contribution in [2.24, 2.45) is 0 Å². The Morgan fingerprint density at radius 3 is 1.56 bits per heavy atom. The number of hydrogen-bond donors (Lipinski definition) is 0. The lowest BCUT2D eigenvalue weighted by Gasteiger charge is -2.17. The highest BCUT2D eigenvalue weighted by molar-refractivity contribution is 7.48. The summed E-state index contributed by atoms with van der Waals surface area (Å²) < 4.78 is 27.0. The van der Waals surface area contributed by atoms with E-state index in [0.717, 1.165) is 0 Å². The van der Waals surface area contributed by atoms with Gasteiger partial charge in [0, 0.05) is 17.6 Å². The molecular formula is C8H16Cl3O4P. The summed E-state index contributed by atoms with van der Waals surface area (Å²) in [4.78, 5) is 0. The lowest BCUT2D eigenvalue weighted by Crippen LogP contribution is -2.05. The van der Waals surface area contributed by atoms with E-state index >= 15 is 0 Å². The zero-order valence-electron chi connectivity index (χ0n) is 8.87. The Labute approximate surface area is 111 Å². The number of hydrogen-bond acceptors (Lipinski definition) is 4. The van der Waals surface area contributed by atoms with E-state index in [9.17, 15) is 4.57 Å². The molecule has 0 aliphatic carbocycles. The first-order valence-electron chi connectivity index (χ1n) is 4.90. The van der Waals surface area contributed by atoms with E-state index < -0.39 is 7.82 Å². The van der Waals surface area contributed by atoms with E-state index in [0.29, 0.717) is 24.6 Å². The maximum Gasteiger partial charge on any atom is 0.474 e. The summed E-state index contributed by atoms with van der Waals surface area (Å²) >= 11 is 16.4. The largest absolute Gasteiger partial charge is 0.474 e. The molecule has 0 unspecified atom stereocenters. The molecule has 0 aliphatic rings. The van der Waals surface area contributed by atoms with Crippen molar-refractivity contribution in [1.29, 1.82) is 0 Å². The van der Waals surface area contributed by atoms with Gasteiger partial charge in [-0.1, -0.05) is 0 Å². The summed E-state index contributed by atoms with van der Waals surface area (Å²) in [6, 6.07) is 0. The molecule has 0 radical (unpaired) electrons. The smallest absolute Gasteiger partial charge is 0.287 e. The Balaban J connectivity index is 3.97. The predicted octanol–water partition coefficient (Wildman–Crippen LogP) is 3.64. The maximum atomic E-state index is 11.9. The summed E-state index contributed by atoms with van der Waals surface area (Å²) in [5.74, 6) is 1.08. The van der Waals surface area contributed by atoms with Crippen molar-refractivity contribution in [3.05, 3.63) is 0 Å². The quantitative estimate of drug-likeness (QED) is 0.332. The summed E-state index contributed by atoms with van der Waals surface area (Å²) in [6.07, 6.45) is 1.16. The van der Waals surface area contributed by atoms with Gasteiger partial charge in [0.2, 0.25) is 0 Å². The van der Waals surface area contributed by atoms with Crippen LogP contribution in [-0.4, -0.2) is 37.5 Å². The summed E-state index contributed by atoms with van der Waals surface area (Å²) in [5, 5.41) is 0. The van der Waals surface area contributed by atoms with Crippen molar-refractivity contribution in [2.75, 3.05) is 37.5 Å². The Bertz CT molecular complexity index is 192. The van der Waals surface area contributed by atoms with Gasteiger partial charge in [0.15, 0.2) is 0 Å². The monoisotopic (exact) mass is 312 g/mol. The zero-order chi connectivity index (χ0) is 12.3. The minimum Gasteiger partial charge on any atom is -0.287 e. The van der Waals surface area contributed by atoms with Gasteiger partial charge in [-0.3, -0.25) is 13.6 Å². The molecule has 0 aromatic heterocycles. The molecule has 0 amide bonds. The molecule has 0 atom stereocenters. The molecule has 0 bridgehead atoms. The van der Waals surface area contributed by atoms with Crippen LogP contribution >= 0.6 is 42.6 Å². The second kappa shape index (κ2) is 11.1. The standard InChI is InChI=1S/C8H16Cl3O4P/c9-3-1-6-13-16(12,15-8-5-11)14-7-2-4-10/h1-8H2. The van der Waals surface area contributed by atoms with E-state index in [1.807, 2.05) is 0 Å². The van der Waals surface area contributed by atoms with Crippen molar-refractivity contribution in [2.45, 2.75) is 12.8 Å². The summed E-state index contributed by atoms with van der Waals surface area (Å²) in [5.41, 5.74) is 0. The second-order valence-corrected chi connectivity index (χ2v) is 5.52. The van der Waals surface area contributed by atoms with Crippen LogP contribution in [0.5, 0.6) is 0 Å². The van der Waals surface area contributed by atoms with Crippen LogP contribution < -0.4 is 0 Å². The van der Waals surface area contributed by atoms with E-state index in [4.69, 9.17) is 48.4 Å². The minimum absolute atomic E-state index is 0.112. The molecule has 0 rings (SSSR count). The van der Waals surface area contributed by atoms with Gasteiger partial charge in [-0.25, -0.2) is 4.57 Å². The Hall–Kier alpha value is 0.980. The molecule has 0 aromatic carbocycles. The van der Waals surface area contributed by atoms with E-state index in [1.54, 1.807) is 0 Å². The molecule has 0 saturated carbocycles. The maximum absolute atomic E-state index is 11.9. The molecule has 0 fully saturated rings. The van der Waals surface area contributed by atoms with E-state index in [1.165, 1.54) is 0 Å². The molecule has 4 nitrogen and oxygen atoms in total. The SMILES string of the molecule is O=P(OCCCl)(OCCCCl)OCCCCl. The van der Waals surface area contributed by atoms with Crippen LogP contribution in [0.25, 0.3) is 0 Å². The van der Waals surface area contributed by atoms with Crippen LogP contribution in [0.3, 0.4) is 0 Å². The van der Waals surface area contributed by atoms with Gasteiger partial charge in [-0.2, -0.15) is 0 Å². The van der Waals surface area contributed by atoms with Gasteiger partial charge < -0.3 is 0 Å². The molecular weight excluding hydrogens is 297 g/mol. The highest BCUT2D eigenvalue weighted by Crippen LogP contribution is 2.49. The average molecular weight is 314 g/mol. The molecule has 0 N–H and O–H groups in total. The van der Waals surface area contributed by atoms with Gasteiger partial charge in [0.25, 0.3) is 0 Å². The Kier molecular flexibility index (Phi) is 11.8. The third-order valence-electron chi connectivity index (χ3n) is 1.38. The fourth-order valence-electron chi connectivity index (χ4n) is 0.720. The molecule has 0 aromatic rings. The molecule has 8 heteroatoms. The first-order chi connectivity index (χ1) is 7.68. The van der Waals surface area contributed by atoms with Gasteiger partial charge in [0.1, 0.15) is 0 Å². The topological polar surface area (TPSA) is 44.8 Å². The van der Waals surface area contributed by atoms with E-state index in [2.05, 4.69) is 0 Å². The van der Waals surface area contributed by atoms with Crippen LogP contribution in [0.2, 0.25) is 0 Å². The number of phosphoric ester groups is 1. The first kappa shape index (κ1) is 17.0. The van der Waals surface area contributed by atoms with Crippen LogP contribution in [0.15, 0.2) is 0 Å². The normalized spacial score (nSPS) is 11.9. The Morgan fingerprint density at radius 2 is 1.19 bits per heavy atom. The van der Waals surface area contributed by atoms with Crippen LogP contribution in [-0.2, 0) is 18.1 Å². The minimum atomic E-state index is -3.50. The average Bonchev–Trinajstić information content (AvgIpc) is 2.27. The van der Waals surface area contributed by atoms with Crippen molar-refractivity contribution >= 4 is 42.6 Å². The van der Waals surface area contributed by atoms with Gasteiger partial charge in [-0.15, -0.1) is 34.8 Å². The van der Waals surface area contributed by atoms with Crippen LogP contribution in [0.4, 0.5) is 0 Å². The summed E-state index contributed by atoms with van der Waals surface area (Å²) in [6.45, 7) is 0.564. The van der Waals surface area contributed by atoms with Crippen LogP contribution in [0.1, 0.15) is 12.8 Å². The Morgan fingerprint density at radius 1 is 0.750 bits per heavy atom. The van der Waals surface area contributed by atoms with Crippen molar-refractivity contribution < 1.29 is 18.1 Å². The molecule has 0 heterocycles. The van der Waals surface area contributed by atoms with Crippen molar-refractivity contribution in [3.63, 3.8) is 0 Å². The number of halogens is 3. The van der Waals surface area contributed by atoms with Gasteiger partial charge in [0.05, 0.1) is 19.8 Å². The predicted molar refractivity (Wildman–Crippen MR) is 66.9 cm³/mol. The molecule has 0 saturated heterocycles. The fourth-order valence-corrected chi connectivity index (χ4v) is 2.37. The third kappa shape index (κ3) is 9.06. The lowest BCUT2D eigenvalue weighted by molar-refractivity contribution is 0.118. The van der Waals surface area contributed by atoms with Crippen molar-refractivity contribution in [1.82, 2.24) is 0 Å². The fraction of sp³-hybridized carbons (Fsp3) is 1.00. The number of phosphoric acid groups is 1. The lowest BCUT2D eigenvalue weighted by atomic mass is 10.5. The number of alkyl halides is 3. The van der Waals surface area contributed by atoms with Crippen LogP contribution in [0, 0.1) is 0 Å². The molecule has 0 spiro atoms. The van der Waals surface area contributed by atoms with Gasteiger partial charge in [-0.05, 0) is 12.8 Å². The highest BCUT2D eigenvalue weighted by Gasteiger charge is 2.25. The van der Waals surface area contributed by atoms with Gasteiger partial charge >= 0.3 is 7.82 Å². The number of rotatable bonds is 11. The summed E-state index contributed by atoms with van der Waals surface area (Å²) in [7, 11) is -3.50. The second-order valence-electron chi connectivity index (χ2n) is 2.72. The highest BCUT2D eigenvalue weighted by atomic mass is 35.5. The third-order valence-corrected chi connectivity index (χ3v) is 3.57. The molecule has 16 heavy (non-hydrogen) atoms. The van der Waals surface area contributed by atoms with Crippen molar-refractivity contribution in [3.8, 4) is 0 Å². The zero-order valence-corrected chi connectivity index (χ0v) is 12.0. The molecule has 98 valence electrons.